The highest BCUT2D eigenvalue weighted by molar-refractivity contribution is 5.86. The maximum Gasteiger partial charge on any atom is 0.358 e. The fraction of sp³-hybridized carbons (Fsp3) is 0.154. The lowest BCUT2D eigenvalue weighted by molar-refractivity contribution is 0.0592. The number of nitrogens with zero attached hydrogens (tertiary/aromatic N) is 2. The highest BCUT2D eigenvalue weighted by atomic mass is 16.5. The van der Waals surface area contributed by atoms with E-state index in [9.17, 15) is 4.79 Å². The van der Waals surface area contributed by atoms with Gasteiger partial charge in [-0.05, 0) is 17.7 Å². The van der Waals surface area contributed by atoms with Crippen molar-refractivity contribution >= 4 is 11.7 Å². The van der Waals surface area contributed by atoms with Crippen molar-refractivity contribution in [3.05, 3.63) is 47.9 Å². The third kappa shape index (κ3) is 3.41. The molecule has 0 atom stereocenters. The molecule has 6 heteroatoms. The van der Waals surface area contributed by atoms with E-state index in [0.29, 0.717) is 12.3 Å². The Bertz CT molecular complexity index is 570. The zero-order chi connectivity index (χ0) is 13.7. The first-order valence-corrected chi connectivity index (χ1v) is 5.56. The molecule has 6 nitrogen and oxygen atoms in total. The molecule has 1 aromatic carbocycles. The van der Waals surface area contributed by atoms with E-state index in [2.05, 4.69) is 14.7 Å². The zero-order valence-electron chi connectivity index (χ0n) is 10.4. The number of hydrogen-bond acceptors (Lipinski definition) is 6. The molecule has 2 aromatic rings. The number of methoxy groups -OCH3 is 1. The van der Waals surface area contributed by atoms with Gasteiger partial charge in [-0.25, -0.2) is 9.78 Å². The number of esters is 1. The third-order valence-electron chi connectivity index (χ3n) is 2.37. The first-order chi connectivity index (χ1) is 9.19. The van der Waals surface area contributed by atoms with Crippen LogP contribution in [0, 0.1) is 0 Å². The normalized spacial score (nSPS) is 9.95. The van der Waals surface area contributed by atoms with Crippen molar-refractivity contribution in [1.29, 1.82) is 0 Å². The van der Waals surface area contributed by atoms with Crippen LogP contribution < -0.4 is 10.5 Å². The second-order valence-electron chi connectivity index (χ2n) is 3.76. The van der Waals surface area contributed by atoms with Gasteiger partial charge < -0.3 is 15.2 Å². The van der Waals surface area contributed by atoms with E-state index in [1.54, 1.807) is 12.1 Å². The average Bonchev–Trinajstić information content (AvgIpc) is 2.46. The first-order valence-electron chi connectivity index (χ1n) is 5.56. The second kappa shape index (κ2) is 5.81. The Kier molecular flexibility index (Phi) is 3.92. The van der Waals surface area contributed by atoms with Gasteiger partial charge in [0.25, 0.3) is 0 Å². The molecule has 19 heavy (non-hydrogen) atoms. The number of hydrogen-bond donors (Lipinski definition) is 1. The minimum absolute atomic E-state index is 0.109. The molecule has 98 valence electrons. The Balaban J connectivity index is 2.03. The van der Waals surface area contributed by atoms with Gasteiger partial charge in [0, 0.05) is 5.69 Å². The Morgan fingerprint density at radius 3 is 2.68 bits per heavy atom. The SMILES string of the molecule is COC(=O)c1cncc(OCc2ccc(N)cc2)n1. The van der Waals surface area contributed by atoms with E-state index in [0.717, 1.165) is 5.56 Å². The van der Waals surface area contributed by atoms with Gasteiger partial charge in [0.05, 0.1) is 19.5 Å². The Labute approximate surface area is 110 Å². The topological polar surface area (TPSA) is 87.3 Å². The van der Waals surface area contributed by atoms with Crippen LogP contribution in [0.4, 0.5) is 5.69 Å². The van der Waals surface area contributed by atoms with E-state index in [1.165, 1.54) is 19.5 Å². The molecule has 0 bridgehead atoms. The smallest absolute Gasteiger partial charge is 0.358 e. The summed E-state index contributed by atoms with van der Waals surface area (Å²) in [6, 6.07) is 7.28. The highest BCUT2D eigenvalue weighted by Gasteiger charge is 2.09. The lowest BCUT2D eigenvalue weighted by Crippen LogP contribution is -2.06. The number of anilines is 1. The number of carbonyl (C=O) groups is 1. The molecule has 2 rings (SSSR count). The number of rotatable bonds is 4. The predicted molar refractivity (Wildman–Crippen MR) is 68.6 cm³/mol. The van der Waals surface area contributed by atoms with Gasteiger partial charge >= 0.3 is 5.97 Å². The van der Waals surface area contributed by atoms with Gasteiger partial charge in [0.15, 0.2) is 5.69 Å². The van der Waals surface area contributed by atoms with Crippen LogP contribution in [0.15, 0.2) is 36.7 Å². The number of benzene rings is 1. The average molecular weight is 259 g/mol. The van der Waals surface area contributed by atoms with Crippen LogP contribution in [0.3, 0.4) is 0 Å². The van der Waals surface area contributed by atoms with E-state index in [4.69, 9.17) is 10.5 Å². The monoisotopic (exact) mass is 259 g/mol. The molecular formula is C13H13N3O3. The number of carbonyl (C=O) groups excluding carboxylic acids is 1. The molecule has 0 aliphatic heterocycles. The van der Waals surface area contributed by atoms with Crippen molar-refractivity contribution in [2.24, 2.45) is 0 Å². The highest BCUT2D eigenvalue weighted by Crippen LogP contribution is 2.11. The van der Waals surface area contributed by atoms with Crippen LogP contribution in [-0.4, -0.2) is 23.0 Å². The summed E-state index contributed by atoms with van der Waals surface area (Å²) >= 11 is 0. The number of aromatic nitrogens is 2. The molecule has 0 amide bonds. The van der Waals surface area contributed by atoms with Crippen LogP contribution >= 0.6 is 0 Å². The van der Waals surface area contributed by atoms with Crippen molar-refractivity contribution in [3.63, 3.8) is 0 Å². The van der Waals surface area contributed by atoms with E-state index in [1.807, 2.05) is 12.1 Å². The summed E-state index contributed by atoms with van der Waals surface area (Å²) in [6.07, 6.45) is 2.76. The van der Waals surface area contributed by atoms with E-state index < -0.39 is 5.97 Å². The standard InChI is InChI=1S/C13H13N3O3/c1-18-13(17)11-6-15-7-12(16-11)19-8-9-2-4-10(14)5-3-9/h2-7H,8,14H2,1H3. The van der Waals surface area contributed by atoms with E-state index in [-0.39, 0.29) is 11.6 Å². The fourth-order valence-electron chi connectivity index (χ4n) is 1.39. The third-order valence-corrected chi connectivity index (χ3v) is 2.37. The summed E-state index contributed by atoms with van der Waals surface area (Å²) in [5.41, 5.74) is 7.33. The van der Waals surface area contributed by atoms with Crippen LogP contribution in [-0.2, 0) is 11.3 Å². The van der Waals surface area contributed by atoms with Gasteiger partial charge in [-0.3, -0.25) is 4.98 Å². The molecule has 0 fully saturated rings. The zero-order valence-corrected chi connectivity index (χ0v) is 10.4. The maximum atomic E-state index is 11.3. The van der Waals surface area contributed by atoms with Gasteiger partial charge in [-0.15, -0.1) is 0 Å². The van der Waals surface area contributed by atoms with Crippen molar-refractivity contribution in [1.82, 2.24) is 9.97 Å². The van der Waals surface area contributed by atoms with Crippen LogP contribution in [0.1, 0.15) is 16.1 Å². The van der Waals surface area contributed by atoms with Crippen LogP contribution in [0.5, 0.6) is 5.88 Å². The molecule has 0 aliphatic carbocycles. The predicted octanol–water partition coefficient (Wildman–Crippen LogP) is 1.42. The van der Waals surface area contributed by atoms with Gasteiger partial charge in [-0.2, -0.15) is 0 Å². The van der Waals surface area contributed by atoms with Crippen molar-refractivity contribution < 1.29 is 14.3 Å². The number of nitrogens with two attached hydrogens (primary N) is 1. The summed E-state index contributed by atoms with van der Waals surface area (Å²) in [7, 11) is 1.28. The van der Waals surface area contributed by atoms with Crippen molar-refractivity contribution in [3.8, 4) is 5.88 Å². The molecule has 0 unspecified atom stereocenters. The Hall–Kier alpha value is -2.63. The van der Waals surface area contributed by atoms with Crippen LogP contribution in [0.2, 0.25) is 0 Å². The summed E-state index contributed by atoms with van der Waals surface area (Å²) in [6.45, 7) is 0.319. The maximum absolute atomic E-state index is 11.3. The van der Waals surface area contributed by atoms with Gasteiger partial charge in [0.2, 0.25) is 5.88 Å². The molecular weight excluding hydrogens is 246 g/mol. The Morgan fingerprint density at radius 1 is 1.26 bits per heavy atom. The molecule has 1 heterocycles. The lowest BCUT2D eigenvalue weighted by Gasteiger charge is -2.06. The Morgan fingerprint density at radius 2 is 2.00 bits per heavy atom. The second-order valence-corrected chi connectivity index (χ2v) is 3.76. The van der Waals surface area contributed by atoms with E-state index >= 15 is 0 Å². The molecule has 0 radical (unpaired) electrons. The minimum atomic E-state index is -0.551. The molecule has 0 aliphatic rings. The van der Waals surface area contributed by atoms with Gasteiger partial charge in [0.1, 0.15) is 6.61 Å². The quantitative estimate of drug-likeness (QED) is 0.660. The molecule has 0 spiro atoms. The summed E-state index contributed by atoms with van der Waals surface area (Å²) in [5.74, 6) is -0.287. The minimum Gasteiger partial charge on any atom is -0.472 e. The van der Waals surface area contributed by atoms with Crippen LogP contribution in [0.25, 0.3) is 0 Å². The van der Waals surface area contributed by atoms with Crippen molar-refractivity contribution in [2.75, 3.05) is 12.8 Å². The summed E-state index contributed by atoms with van der Waals surface area (Å²) in [4.78, 5) is 19.1. The van der Waals surface area contributed by atoms with Crippen molar-refractivity contribution in [2.45, 2.75) is 6.61 Å². The summed E-state index contributed by atoms with van der Waals surface area (Å²) in [5, 5.41) is 0. The lowest BCUT2D eigenvalue weighted by atomic mass is 10.2. The first kappa shape index (κ1) is 12.8. The number of ether oxygens (including phenoxy) is 2. The molecule has 2 N–H and O–H groups in total. The number of nitrogen functional groups attached to an aromatic ring is 1. The summed E-state index contributed by atoms with van der Waals surface area (Å²) < 4.78 is 10.0. The fourth-order valence-corrected chi connectivity index (χ4v) is 1.39. The largest absolute Gasteiger partial charge is 0.472 e. The molecule has 1 aromatic heterocycles. The molecule has 0 saturated heterocycles. The van der Waals surface area contributed by atoms with Gasteiger partial charge in [-0.1, -0.05) is 12.1 Å². The molecule has 0 saturated carbocycles.